The van der Waals surface area contributed by atoms with Gasteiger partial charge in [0.1, 0.15) is 6.54 Å². The van der Waals surface area contributed by atoms with Crippen LogP contribution in [-0.4, -0.2) is 42.4 Å². The molecule has 0 saturated heterocycles. The molecule has 0 bridgehead atoms. The number of rotatable bonds is 8. The normalized spacial score (nSPS) is 9.90. The van der Waals surface area contributed by atoms with Crippen LogP contribution in [0.3, 0.4) is 0 Å². The van der Waals surface area contributed by atoms with Gasteiger partial charge in [-0.15, -0.1) is 0 Å². The van der Waals surface area contributed by atoms with Crippen molar-refractivity contribution >= 4 is 11.9 Å². The summed E-state index contributed by atoms with van der Waals surface area (Å²) in [4.78, 5) is 21.6. The van der Waals surface area contributed by atoms with Gasteiger partial charge in [-0.1, -0.05) is 6.07 Å². The lowest BCUT2D eigenvalue weighted by Crippen LogP contribution is -2.42. The molecule has 0 aliphatic carbocycles. The monoisotopic (exact) mass is 284 g/mol. The van der Waals surface area contributed by atoms with Crippen molar-refractivity contribution in [3.63, 3.8) is 0 Å². The third kappa shape index (κ3) is 5.12. The molecule has 0 fully saturated rings. The Morgan fingerprint density at radius 2 is 2.05 bits per heavy atom. The molecule has 1 aromatic rings. The summed E-state index contributed by atoms with van der Waals surface area (Å²) in [6.45, 7) is -0.821. The fraction of sp³-hybridized carbons (Fsp3) is 0.333. The first-order chi connectivity index (χ1) is 9.56. The van der Waals surface area contributed by atoms with E-state index < -0.39 is 11.9 Å². The number of ether oxygens (including phenoxy) is 2. The average Bonchev–Trinajstić information content (AvgIpc) is 2.44. The number of nitrogens with one attached hydrogen (secondary N) is 2. The van der Waals surface area contributed by atoms with Crippen molar-refractivity contribution in [2.45, 2.75) is 6.61 Å². The lowest BCUT2D eigenvalue weighted by molar-refractivity contribution is -0.136. The molecule has 0 aromatic heterocycles. The summed E-state index contributed by atoms with van der Waals surface area (Å²) in [6, 6.07) is 4.80. The number of benzene rings is 1. The van der Waals surface area contributed by atoms with Gasteiger partial charge in [-0.25, -0.2) is 5.43 Å². The van der Waals surface area contributed by atoms with Gasteiger partial charge in [0.15, 0.2) is 18.1 Å². The van der Waals surface area contributed by atoms with Crippen LogP contribution in [-0.2, 0) is 16.2 Å². The van der Waals surface area contributed by atoms with Crippen molar-refractivity contribution < 1.29 is 29.3 Å². The lowest BCUT2D eigenvalue weighted by atomic mass is 10.2. The first-order valence-electron chi connectivity index (χ1n) is 5.71. The molecule has 0 aliphatic rings. The molecular weight excluding hydrogens is 268 g/mol. The largest absolute Gasteiger partial charge is 0.493 e. The summed E-state index contributed by atoms with van der Waals surface area (Å²) < 4.78 is 10.3. The first kappa shape index (κ1) is 15.7. The van der Waals surface area contributed by atoms with E-state index in [4.69, 9.17) is 19.7 Å². The van der Waals surface area contributed by atoms with E-state index in [0.29, 0.717) is 17.1 Å². The number of hydrazine groups is 1. The molecule has 0 aliphatic heterocycles. The van der Waals surface area contributed by atoms with E-state index in [-0.39, 0.29) is 19.8 Å². The van der Waals surface area contributed by atoms with E-state index in [1.807, 2.05) is 0 Å². The number of carbonyl (C=O) groups is 2. The molecule has 1 amide bonds. The second-order valence-corrected chi connectivity index (χ2v) is 3.73. The summed E-state index contributed by atoms with van der Waals surface area (Å²) in [6.07, 6.45) is 0. The van der Waals surface area contributed by atoms with Gasteiger partial charge >= 0.3 is 5.97 Å². The van der Waals surface area contributed by atoms with Gasteiger partial charge in [-0.3, -0.25) is 15.0 Å². The van der Waals surface area contributed by atoms with E-state index in [1.54, 1.807) is 18.2 Å². The zero-order valence-electron chi connectivity index (χ0n) is 10.9. The minimum atomic E-state index is -1.09. The van der Waals surface area contributed by atoms with Crippen LogP contribution in [0.4, 0.5) is 0 Å². The average molecular weight is 284 g/mol. The van der Waals surface area contributed by atoms with Crippen molar-refractivity contribution in [2.24, 2.45) is 0 Å². The van der Waals surface area contributed by atoms with E-state index in [1.165, 1.54) is 7.11 Å². The molecule has 1 aromatic carbocycles. The Balaban J connectivity index is 2.48. The molecule has 0 heterocycles. The lowest BCUT2D eigenvalue weighted by Gasteiger charge is -2.11. The number of carboxylic acid groups (broad SMARTS) is 1. The third-order valence-electron chi connectivity index (χ3n) is 2.24. The zero-order chi connectivity index (χ0) is 15.0. The van der Waals surface area contributed by atoms with Crippen LogP contribution in [0.5, 0.6) is 11.5 Å². The van der Waals surface area contributed by atoms with E-state index in [2.05, 4.69) is 10.9 Å². The van der Waals surface area contributed by atoms with Crippen molar-refractivity contribution in [1.82, 2.24) is 10.9 Å². The van der Waals surface area contributed by atoms with Gasteiger partial charge < -0.3 is 19.7 Å². The smallest absolute Gasteiger partial charge is 0.319 e. The van der Waals surface area contributed by atoms with Crippen LogP contribution < -0.4 is 20.3 Å². The first-order valence-corrected chi connectivity index (χ1v) is 5.71. The molecule has 4 N–H and O–H groups in total. The molecule has 1 rings (SSSR count). The maximum atomic E-state index is 11.3. The maximum absolute atomic E-state index is 11.3. The molecule has 0 unspecified atom stereocenters. The molecule has 8 heteroatoms. The molecule has 0 saturated carbocycles. The Morgan fingerprint density at radius 1 is 1.30 bits per heavy atom. The van der Waals surface area contributed by atoms with Crippen LogP contribution in [0.15, 0.2) is 18.2 Å². The molecule has 8 nitrogen and oxygen atoms in total. The third-order valence-corrected chi connectivity index (χ3v) is 2.24. The summed E-state index contributed by atoms with van der Waals surface area (Å²) >= 11 is 0. The molecule has 20 heavy (non-hydrogen) atoms. The molecule has 0 spiro atoms. The predicted molar refractivity (Wildman–Crippen MR) is 68.2 cm³/mol. The number of hydrogen-bond acceptors (Lipinski definition) is 6. The van der Waals surface area contributed by atoms with Crippen molar-refractivity contribution in [3.05, 3.63) is 23.8 Å². The van der Waals surface area contributed by atoms with Gasteiger partial charge in [-0.2, -0.15) is 0 Å². The van der Waals surface area contributed by atoms with Crippen molar-refractivity contribution in [2.75, 3.05) is 20.3 Å². The Morgan fingerprint density at radius 3 is 2.65 bits per heavy atom. The fourth-order valence-electron chi connectivity index (χ4n) is 1.33. The Kier molecular flexibility index (Phi) is 6.27. The number of amides is 1. The number of hydrogen-bond donors (Lipinski definition) is 4. The zero-order valence-corrected chi connectivity index (χ0v) is 10.9. The number of aliphatic carboxylic acids is 1. The number of aliphatic hydroxyl groups is 1. The summed E-state index contributed by atoms with van der Waals surface area (Å²) in [7, 11) is 1.44. The maximum Gasteiger partial charge on any atom is 0.319 e. The highest BCUT2D eigenvalue weighted by Crippen LogP contribution is 2.27. The van der Waals surface area contributed by atoms with E-state index in [0.717, 1.165) is 0 Å². The second kappa shape index (κ2) is 7.97. The van der Waals surface area contributed by atoms with Crippen LogP contribution in [0, 0.1) is 0 Å². The van der Waals surface area contributed by atoms with Gasteiger partial charge in [0, 0.05) is 0 Å². The predicted octanol–water partition coefficient (Wildman–Crippen LogP) is -0.728. The minimum absolute atomic E-state index is 0.129. The van der Waals surface area contributed by atoms with Gasteiger partial charge in [0.05, 0.1) is 13.7 Å². The van der Waals surface area contributed by atoms with Gasteiger partial charge in [0.25, 0.3) is 5.91 Å². The van der Waals surface area contributed by atoms with Crippen molar-refractivity contribution in [3.8, 4) is 11.5 Å². The Bertz CT molecular complexity index is 477. The summed E-state index contributed by atoms with van der Waals surface area (Å²) in [5, 5.41) is 17.4. The summed E-state index contributed by atoms with van der Waals surface area (Å²) in [5.74, 6) is -0.882. The fourth-order valence-corrected chi connectivity index (χ4v) is 1.33. The number of aliphatic hydroxyl groups excluding tert-OH is 1. The number of carboxylic acids is 1. The van der Waals surface area contributed by atoms with Crippen LogP contribution >= 0.6 is 0 Å². The standard InChI is InChI=1S/C12H16N2O6/c1-19-10-4-8(6-15)2-3-9(10)20-7-11(16)14-13-5-12(17)18/h2-4,13,15H,5-7H2,1H3,(H,14,16)(H,17,18). The highest BCUT2D eigenvalue weighted by molar-refractivity contribution is 5.77. The molecular formula is C12H16N2O6. The highest BCUT2D eigenvalue weighted by atomic mass is 16.5. The summed E-state index contributed by atoms with van der Waals surface area (Å²) in [5.41, 5.74) is 5.05. The van der Waals surface area contributed by atoms with Crippen molar-refractivity contribution in [1.29, 1.82) is 0 Å². The van der Waals surface area contributed by atoms with Gasteiger partial charge in [-0.05, 0) is 17.7 Å². The quantitative estimate of drug-likeness (QED) is 0.465. The molecule has 0 atom stereocenters. The highest BCUT2D eigenvalue weighted by Gasteiger charge is 2.08. The van der Waals surface area contributed by atoms with E-state index in [9.17, 15) is 9.59 Å². The molecule has 0 radical (unpaired) electrons. The van der Waals surface area contributed by atoms with Crippen LogP contribution in [0.1, 0.15) is 5.56 Å². The Hall–Kier alpha value is -2.32. The SMILES string of the molecule is COc1cc(CO)ccc1OCC(=O)NNCC(=O)O. The number of carbonyl (C=O) groups excluding carboxylic acids is 1. The van der Waals surface area contributed by atoms with Crippen LogP contribution in [0.25, 0.3) is 0 Å². The van der Waals surface area contributed by atoms with E-state index >= 15 is 0 Å². The number of methoxy groups -OCH3 is 1. The topological polar surface area (TPSA) is 117 Å². The minimum Gasteiger partial charge on any atom is -0.493 e. The van der Waals surface area contributed by atoms with Gasteiger partial charge in [0.2, 0.25) is 0 Å². The second-order valence-electron chi connectivity index (χ2n) is 3.73. The van der Waals surface area contributed by atoms with Crippen LogP contribution in [0.2, 0.25) is 0 Å². The molecule has 110 valence electrons. The Labute approximate surface area is 115 Å².